The quantitative estimate of drug-likeness (QED) is 0.180. The highest BCUT2D eigenvalue weighted by molar-refractivity contribution is 7.92. The third-order valence-electron chi connectivity index (χ3n) is 4.73. The van der Waals surface area contributed by atoms with Gasteiger partial charge in [0.15, 0.2) is 0 Å². The number of nitrogens with two attached hydrogens (primary N) is 3. The standard InChI is InChI=1S/C20H28N6O5S/c1-11-9-12(2)17(13(3)10-11)32(29,30)25-15-6-5-14(4)26(19(15)28)16(18(21)27)7-8-31-24-20(22)23/h5-6,9-10,16,25H,7-8H2,1-4H3,(H2,21,27)(H4,22,23,24). The van der Waals surface area contributed by atoms with Gasteiger partial charge >= 0.3 is 0 Å². The van der Waals surface area contributed by atoms with E-state index in [-0.39, 0.29) is 29.6 Å². The second kappa shape index (κ2) is 9.73. The van der Waals surface area contributed by atoms with Gasteiger partial charge in [0.1, 0.15) is 18.3 Å². The molecular formula is C20H28N6O5S. The van der Waals surface area contributed by atoms with E-state index in [9.17, 15) is 18.0 Å². The van der Waals surface area contributed by atoms with Gasteiger partial charge in [-0.1, -0.05) is 17.7 Å². The maximum Gasteiger partial charge on any atom is 0.275 e. The molecule has 32 heavy (non-hydrogen) atoms. The van der Waals surface area contributed by atoms with Crippen molar-refractivity contribution in [1.29, 1.82) is 0 Å². The van der Waals surface area contributed by atoms with Crippen molar-refractivity contribution in [3.63, 3.8) is 0 Å². The smallest absolute Gasteiger partial charge is 0.275 e. The number of rotatable bonds is 9. The van der Waals surface area contributed by atoms with Crippen LogP contribution in [0.25, 0.3) is 0 Å². The van der Waals surface area contributed by atoms with Crippen LogP contribution in [0.15, 0.2) is 39.1 Å². The number of oxime groups is 1. The molecule has 0 aliphatic rings. The molecule has 0 spiro atoms. The number of hydrogen-bond acceptors (Lipinski definition) is 6. The molecule has 11 nitrogen and oxygen atoms in total. The lowest BCUT2D eigenvalue weighted by Gasteiger charge is -2.20. The summed E-state index contributed by atoms with van der Waals surface area (Å²) in [5.74, 6) is -1.10. The van der Waals surface area contributed by atoms with E-state index in [4.69, 9.17) is 22.0 Å². The zero-order chi connectivity index (χ0) is 24.2. The number of nitrogens with zero attached hydrogens (tertiary/aromatic N) is 2. The Kier molecular flexibility index (Phi) is 7.52. The van der Waals surface area contributed by atoms with Crippen molar-refractivity contribution in [1.82, 2.24) is 4.57 Å². The zero-order valence-corrected chi connectivity index (χ0v) is 19.2. The molecule has 1 unspecified atom stereocenters. The fourth-order valence-electron chi connectivity index (χ4n) is 3.58. The second-order valence-corrected chi connectivity index (χ2v) is 9.07. The number of benzene rings is 1. The van der Waals surface area contributed by atoms with E-state index in [1.165, 1.54) is 12.1 Å². The van der Waals surface area contributed by atoms with Crippen molar-refractivity contribution in [2.24, 2.45) is 22.4 Å². The van der Waals surface area contributed by atoms with Crippen LogP contribution in [-0.2, 0) is 19.7 Å². The summed E-state index contributed by atoms with van der Waals surface area (Å²) in [6, 6.07) is 5.24. The van der Waals surface area contributed by atoms with Gasteiger partial charge in [-0.25, -0.2) is 8.42 Å². The van der Waals surface area contributed by atoms with Crippen molar-refractivity contribution in [2.45, 2.75) is 45.1 Å². The number of anilines is 1. The topological polar surface area (TPSA) is 185 Å². The summed E-state index contributed by atoms with van der Waals surface area (Å²) in [6.07, 6.45) is -0.0146. The zero-order valence-electron chi connectivity index (χ0n) is 18.4. The highest BCUT2D eigenvalue weighted by atomic mass is 32.2. The van der Waals surface area contributed by atoms with Crippen LogP contribution in [0, 0.1) is 27.7 Å². The van der Waals surface area contributed by atoms with Crippen molar-refractivity contribution in [3.05, 3.63) is 57.0 Å². The van der Waals surface area contributed by atoms with E-state index in [0.29, 0.717) is 16.8 Å². The molecular weight excluding hydrogens is 436 g/mol. The lowest BCUT2D eigenvalue weighted by Crippen LogP contribution is -2.37. The van der Waals surface area contributed by atoms with Crippen LogP contribution in [0.4, 0.5) is 5.69 Å². The van der Waals surface area contributed by atoms with E-state index in [2.05, 4.69) is 9.88 Å². The Balaban J connectivity index is 2.46. The predicted octanol–water partition coefficient (Wildman–Crippen LogP) is 0.504. The van der Waals surface area contributed by atoms with E-state index in [1.54, 1.807) is 32.9 Å². The SMILES string of the molecule is Cc1cc(C)c(S(=O)(=O)Nc2ccc(C)n(C(CCON=C(N)N)C(N)=O)c2=O)c(C)c1. The maximum absolute atomic E-state index is 13.1. The van der Waals surface area contributed by atoms with Gasteiger partial charge < -0.3 is 22.0 Å². The largest absolute Gasteiger partial charge is 0.393 e. The molecule has 0 radical (unpaired) electrons. The average molecular weight is 465 g/mol. The molecule has 1 amide bonds. The summed E-state index contributed by atoms with van der Waals surface area (Å²) in [5, 5.41) is 3.36. The van der Waals surface area contributed by atoms with Gasteiger partial charge in [-0.05, 0) is 56.1 Å². The minimum Gasteiger partial charge on any atom is -0.393 e. The van der Waals surface area contributed by atoms with Crippen molar-refractivity contribution in [2.75, 3.05) is 11.3 Å². The van der Waals surface area contributed by atoms with E-state index >= 15 is 0 Å². The number of primary amides is 1. The highest BCUT2D eigenvalue weighted by Crippen LogP contribution is 2.24. The summed E-state index contributed by atoms with van der Waals surface area (Å²) in [6.45, 7) is 6.72. The summed E-state index contributed by atoms with van der Waals surface area (Å²) in [7, 11) is -4.07. The van der Waals surface area contributed by atoms with Crippen molar-refractivity contribution < 1.29 is 18.0 Å². The first-order chi connectivity index (χ1) is 14.8. The Morgan fingerprint density at radius 1 is 1.12 bits per heavy atom. The van der Waals surface area contributed by atoms with Gasteiger partial charge in [0.2, 0.25) is 11.9 Å². The molecule has 174 valence electrons. The van der Waals surface area contributed by atoms with E-state index in [1.807, 2.05) is 6.92 Å². The lowest BCUT2D eigenvalue weighted by atomic mass is 10.1. The first-order valence-corrected chi connectivity index (χ1v) is 11.2. The summed E-state index contributed by atoms with van der Waals surface area (Å²) in [5.41, 5.74) is 17.3. The number of aromatic nitrogens is 1. The summed E-state index contributed by atoms with van der Waals surface area (Å²) in [4.78, 5) is 30.2. The van der Waals surface area contributed by atoms with Gasteiger partial charge in [0.25, 0.3) is 15.6 Å². The third-order valence-corrected chi connectivity index (χ3v) is 6.40. The molecule has 0 bridgehead atoms. The van der Waals surface area contributed by atoms with E-state index in [0.717, 1.165) is 10.1 Å². The molecule has 1 atom stereocenters. The Morgan fingerprint density at radius 3 is 2.25 bits per heavy atom. The normalized spacial score (nSPS) is 12.1. The molecule has 0 saturated heterocycles. The molecule has 0 aliphatic heterocycles. The minimum atomic E-state index is -4.07. The molecule has 1 aromatic heterocycles. The van der Waals surface area contributed by atoms with Gasteiger partial charge in [0, 0.05) is 12.1 Å². The minimum absolute atomic E-state index is 0.0146. The average Bonchev–Trinajstić information content (AvgIpc) is 2.64. The number of nitrogens with one attached hydrogen (secondary N) is 1. The van der Waals surface area contributed by atoms with Crippen LogP contribution in [0.5, 0.6) is 0 Å². The Morgan fingerprint density at radius 2 is 1.72 bits per heavy atom. The number of pyridine rings is 1. The third kappa shape index (κ3) is 5.58. The Labute approximate surface area is 186 Å². The van der Waals surface area contributed by atoms with Crippen molar-refractivity contribution in [3.8, 4) is 0 Å². The Hall–Kier alpha value is -3.54. The lowest BCUT2D eigenvalue weighted by molar-refractivity contribution is -0.121. The molecule has 7 N–H and O–H groups in total. The first-order valence-electron chi connectivity index (χ1n) is 9.68. The maximum atomic E-state index is 13.1. The molecule has 12 heteroatoms. The molecule has 0 aliphatic carbocycles. The summed E-state index contributed by atoms with van der Waals surface area (Å²) >= 11 is 0. The molecule has 2 aromatic rings. The van der Waals surface area contributed by atoms with Gasteiger partial charge in [-0.3, -0.25) is 18.9 Å². The number of hydrogen-bond donors (Lipinski definition) is 4. The molecule has 0 fully saturated rings. The molecule has 1 heterocycles. The van der Waals surface area contributed by atoms with Crippen LogP contribution < -0.4 is 27.5 Å². The molecule has 2 rings (SSSR count). The Bertz CT molecular complexity index is 1190. The predicted molar refractivity (Wildman–Crippen MR) is 122 cm³/mol. The number of amides is 1. The van der Waals surface area contributed by atoms with Gasteiger partial charge in [-0.15, -0.1) is 0 Å². The van der Waals surface area contributed by atoms with Crippen LogP contribution in [-0.4, -0.2) is 31.5 Å². The van der Waals surface area contributed by atoms with Crippen LogP contribution in [0.1, 0.15) is 34.8 Å². The van der Waals surface area contributed by atoms with Gasteiger partial charge in [-0.2, -0.15) is 0 Å². The monoisotopic (exact) mass is 464 g/mol. The number of carbonyl (C=O) groups is 1. The first kappa shape index (κ1) is 24.7. The fraction of sp³-hybridized carbons (Fsp3) is 0.350. The number of sulfonamides is 1. The van der Waals surface area contributed by atoms with E-state index < -0.39 is 27.5 Å². The van der Waals surface area contributed by atoms with Gasteiger partial charge in [0.05, 0.1) is 4.90 Å². The van der Waals surface area contributed by atoms with Crippen LogP contribution in [0.3, 0.4) is 0 Å². The highest BCUT2D eigenvalue weighted by Gasteiger charge is 2.25. The number of carbonyl (C=O) groups excluding carboxylic acids is 1. The number of guanidine groups is 1. The summed E-state index contributed by atoms with van der Waals surface area (Å²) < 4.78 is 29.6. The fourth-order valence-corrected chi connectivity index (χ4v) is 5.09. The second-order valence-electron chi connectivity index (χ2n) is 7.45. The van der Waals surface area contributed by atoms with Crippen molar-refractivity contribution >= 4 is 27.6 Å². The van der Waals surface area contributed by atoms with Crippen LogP contribution in [0.2, 0.25) is 0 Å². The molecule has 1 aromatic carbocycles. The number of aryl methyl sites for hydroxylation is 4. The van der Waals surface area contributed by atoms with Crippen LogP contribution >= 0.6 is 0 Å². The molecule has 0 saturated carbocycles.